The summed E-state index contributed by atoms with van der Waals surface area (Å²) in [5, 5.41) is 6.82. The number of esters is 2. The van der Waals surface area contributed by atoms with Gasteiger partial charge in [-0.1, -0.05) is 35.3 Å². The van der Waals surface area contributed by atoms with Gasteiger partial charge in [-0.3, -0.25) is 9.59 Å². The van der Waals surface area contributed by atoms with Crippen molar-refractivity contribution in [2.24, 2.45) is 0 Å². The second-order valence-corrected chi connectivity index (χ2v) is 11.0. The summed E-state index contributed by atoms with van der Waals surface area (Å²) >= 11 is 12.6. The van der Waals surface area contributed by atoms with E-state index in [0.717, 1.165) is 0 Å². The summed E-state index contributed by atoms with van der Waals surface area (Å²) in [6, 6.07) is 8.28. The number of alkyl carbamates (subject to hydrolysis) is 1. The van der Waals surface area contributed by atoms with E-state index in [1.54, 1.807) is 58.0 Å². The molecule has 0 aliphatic carbocycles. The minimum absolute atomic E-state index is 0.00205. The van der Waals surface area contributed by atoms with E-state index in [4.69, 9.17) is 37.4 Å². The summed E-state index contributed by atoms with van der Waals surface area (Å²) in [7, 11) is 1.27. The number of hydrogen-bond donors (Lipinski definition) is 3. The van der Waals surface area contributed by atoms with Gasteiger partial charge >= 0.3 is 18.0 Å². The number of amides is 2. The van der Waals surface area contributed by atoms with E-state index in [0.29, 0.717) is 43.3 Å². The maximum Gasteiger partial charge on any atom is 0.407 e. The molecule has 0 aliphatic heterocycles. The number of benzene rings is 2. The standard InChI is InChI=1S/C29H33Cl2N3O7/c1-6-40-27(37)26-19(25-20(31)13-18(30)14-22(25)34-26)8-10-23(35)33-21-9-7-16(11-17(21)12-24(36)39-5)15-32-28(38)41-29(2,3)4/h7,9,11,13-14,34H,6,8,10,12,15H2,1-5H3,(H,32,38)(H,33,35). The third kappa shape index (κ3) is 8.86. The molecule has 2 aromatic carbocycles. The van der Waals surface area contributed by atoms with Crippen LogP contribution in [-0.2, 0) is 43.2 Å². The molecule has 3 rings (SSSR count). The van der Waals surface area contributed by atoms with Gasteiger partial charge < -0.3 is 29.8 Å². The zero-order chi connectivity index (χ0) is 30.3. The van der Waals surface area contributed by atoms with E-state index < -0.39 is 23.6 Å². The first-order valence-electron chi connectivity index (χ1n) is 12.9. The maximum atomic E-state index is 13.0. The first kappa shape index (κ1) is 31.8. The van der Waals surface area contributed by atoms with E-state index in [1.165, 1.54) is 7.11 Å². The van der Waals surface area contributed by atoms with Gasteiger partial charge in [0, 0.05) is 34.6 Å². The lowest BCUT2D eigenvalue weighted by atomic mass is 10.0. The Kier molecular flexibility index (Phi) is 10.6. The van der Waals surface area contributed by atoms with Crippen molar-refractivity contribution in [3.05, 3.63) is 62.8 Å². The van der Waals surface area contributed by atoms with Crippen LogP contribution >= 0.6 is 23.2 Å². The normalized spacial score (nSPS) is 11.2. The number of halogens is 2. The van der Waals surface area contributed by atoms with Crippen LogP contribution < -0.4 is 10.6 Å². The molecule has 0 atom stereocenters. The lowest BCUT2D eigenvalue weighted by Crippen LogP contribution is -2.32. The molecule has 0 unspecified atom stereocenters. The van der Waals surface area contributed by atoms with Crippen molar-refractivity contribution in [2.45, 2.75) is 59.1 Å². The minimum atomic E-state index is -0.642. The van der Waals surface area contributed by atoms with Crippen LogP contribution in [0.5, 0.6) is 0 Å². The van der Waals surface area contributed by atoms with E-state index >= 15 is 0 Å². The van der Waals surface area contributed by atoms with Crippen molar-refractivity contribution in [3.8, 4) is 0 Å². The molecule has 220 valence electrons. The molecule has 0 fully saturated rings. The van der Waals surface area contributed by atoms with Gasteiger partial charge in [-0.25, -0.2) is 9.59 Å². The molecule has 12 heteroatoms. The third-order valence-electron chi connectivity index (χ3n) is 5.84. The quantitative estimate of drug-likeness (QED) is 0.191. The SMILES string of the molecule is CCOC(=O)c1[nH]c2cc(Cl)cc(Cl)c2c1CCC(=O)Nc1ccc(CNC(=O)OC(C)(C)C)cc1CC(=O)OC. The van der Waals surface area contributed by atoms with Gasteiger partial charge in [0.05, 0.1) is 25.2 Å². The Labute approximate surface area is 248 Å². The second-order valence-electron chi connectivity index (χ2n) is 10.2. The topological polar surface area (TPSA) is 136 Å². The summed E-state index contributed by atoms with van der Waals surface area (Å²) in [5.41, 5.74) is 2.26. The van der Waals surface area contributed by atoms with E-state index in [-0.39, 0.29) is 44.0 Å². The van der Waals surface area contributed by atoms with Crippen molar-refractivity contribution in [3.63, 3.8) is 0 Å². The molecule has 0 saturated carbocycles. The Balaban J connectivity index is 1.79. The number of hydrogen-bond acceptors (Lipinski definition) is 7. The average Bonchev–Trinajstić information content (AvgIpc) is 3.25. The number of fused-ring (bicyclic) bond motifs is 1. The summed E-state index contributed by atoms with van der Waals surface area (Å²) in [6.07, 6.45) is -0.506. The lowest BCUT2D eigenvalue weighted by Gasteiger charge is -2.20. The van der Waals surface area contributed by atoms with Gasteiger partial charge in [-0.05, 0) is 69.0 Å². The van der Waals surface area contributed by atoms with E-state index in [9.17, 15) is 19.2 Å². The van der Waals surface area contributed by atoms with Crippen LogP contribution in [0.4, 0.5) is 10.5 Å². The molecule has 0 aliphatic rings. The Morgan fingerprint density at radius 3 is 2.44 bits per heavy atom. The van der Waals surface area contributed by atoms with Gasteiger partial charge in [0.1, 0.15) is 11.3 Å². The molecule has 1 heterocycles. The van der Waals surface area contributed by atoms with Gasteiger partial charge in [0.15, 0.2) is 0 Å². The first-order chi connectivity index (χ1) is 19.3. The predicted molar refractivity (Wildman–Crippen MR) is 156 cm³/mol. The molecule has 3 N–H and O–H groups in total. The van der Waals surface area contributed by atoms with Crippen molar-refractivity contribution < 1.29 is 33.4 Å². The number of H-pyrrole nitrogens is 1. The van der Waals surface area contributed by atoms with Gasteiger partial charge in [0.25, 0.3) is 0 Å². The van der Waals surface area contributed by atoms with Crippen LogP contribution in [0.25, 0.3) is 10.9 Å². The number of ether oxygens (including phenoxy) is 3. The molecule has 2 amide bonds. The molecule has 1 aromatic heterocycles. The van der Waals surface area contributed by atoms with Crippen LogP contribution in [0.2, 0.25) is 10.0 Å². The Morgan fingerprint density at radius 2 is 1.78 bits per heavy atom. The van der Waals surface area contributed by atoms with Crippen LogP contribution in [0, 0.1) is 0 Å². The number of carbonyl (C=O) groups is 4. The van der Waals surface area contributed by atoms with Crippen molar-refractivity contribution >= 4 is 63.7 Å². The number of aryl methyl sites for hydroxylation is 1. The highest BCUT2D eigenvalue weighted by atomic mass is 35.5. The van der Waals surface area contributed by atoms with E-state index in [2.05, 4.69) is 15.6 Å². The first-order valence-corrected chi connectivity index (χ1v) is 13.7. The smallest absolute Gasteiger partial charge is 0.407 e. The second kappa shape index (κ2) is 13.7. The molecule has 3 aromatic rings. The molecule has 0 bridgehead atoms. The Bertz CT molecular complexity index is 1460. The van der Waals surface area contributed by atoms with Crippen molar-refractivity contribution in [1.82, 2.24) is 10.3 Å². The molecule has 0 spiro atoms. The fourth-order valence-electron chi connectivity index (χ4n) is 4.13. The van der Waals surface area contributed by atoms with Crippen LogP contribution in [0.1, 0.15) is 61.3 Å². The van der Waals surface area contributed by atoms with Crippen molar-refractivity contribution in [1.29, 1.82) is 0 Å². The molecular formula is C29H33Cl2N3O7. The summed E-state index contributed by atoms with van der Waals surface area (Å²) in [4.78, 5) is 52.8. The average molecular weight is 607 g/mol. The Morgan fingerprint density at radius 1 is 1.05 bits per heavy atom. The van der Waals surface area contributed by atoms with E-state index in [1.807, 2.05) is 0 Å². The molecule has 41 heavy (non-hydrogen) atoms. The number of nitrogens with one attached hydrogen (secondary N) is 3. The largest absolute Gasteiger partial charge is 0.469 e. The monoisotopic (exact) mass is 605 g/mol. The predicted octanol–water partition coefficient (Wildman–Crippen LogP) is 5.96. The fraction of sp³-hybridized carbons (Fsp3) is 0.379. The summed E-state index contributed by atoms with van der Waals surface area (Å²) < 4.78 is 15.2. The Hall–Kier alpha value is -3.76. The summed E-state index contributed by atoms with van der Waals surface area (Å²) in [5.74, 6) is -1.42. The number of aromatic amines is 1. The molecule has 0 radical (unpaired) electrons. The zero-order valence-corrected chi connectivity index (χ0v) is 25.0. The lowest BCUT2D eigenvalue weighted by molar-refractivity contribution is -0.139. The molecular weight excluding hydrogens is 573 g/mol. The molecule has 10 nitrogen and oxygen atoms in total. The summed E-state index contributed by atoms with van der Waals surface area (Å²) in [6.45, 7) is 7.31. The number of carbonyl (C=O) groups excluding carboxylic acids is 4. The molecule has 0 saturated heterocycles. The zero-order valence-electron chi connectivity index (χ0n) is 23.5. The number of aromatic nitrogens is 1. The number of methoxy groups -OCH3 is 1. The van der Waals surface area contributed by atoms with Crippen LogP contribution in [-0.4, -0.2) is 48.2 Å². The van der Waals surface area contributed by atoms with Gasteiger partial charge in [-0.2, -0.15) is 0 Å². The minimum Gasteiger partial charge on any atom is -0.469 e. The van der Waals surface area contributed by atoms with Crippen LogP contribution in [0.3, 0.4) is 0 Å². The highest BCUT2D eigenvalue weighted by molar-refractivity contribution is 6.39. The number of anilines is 1. The van der Waals surface area contributed by atoms with Crippen LogP contribution in [0.15, 0.2) is 30.3 Å². The van der Waals surface area contributed by atoms with Crippen molar-refractivity contribution in [2.75, 3.05) is 19.0 Å². The third-order valence-corrected chi connectivity index (χ3v) is 6.36. The highest BCUT2D eigenvalue weighted by Gasteiger charge is 2.22. The van der Waals surface area contributed by atoms with Gasteiger partial charge in [-0.15, -0.1) is 0 Å². The highest BCUT2D eigenvalue weighted by Crippen LogP contribution is 2.34. The maximum absolute atomic E-state index is 13.0. The number of rotatable bonds is 10. The van der Waals surface area contributed by atoms with Gasteiger partial charge in [0.2, 0.25) is 5.91 Å². The fourth-order valence-corrected chi connectivity index (χ4v) is 4.74.